The predicted molar refractivity (Wildman–Crippen MR) is 126 cm³/mol. The molecule has 2 unspecified atom stereocenters. The fourth-order valence-corrected chi connectivity index (χ4v) is 4.49. The van der Waals surface area contributed by atoms with Crippen LogP contribution in [0.2, 0.25) is 0 Å². The van der Waals surface area contributed by atoms with Gasteiger partial charge in [-0.25, -0.2) is 0 Å². The first kappa shape index (κ1) is 23.6. The van der Waals surface area contributed by atoms with Crippen molar-refractivity contribution in [3.63, 3.8) is 0 Å². The molecule has 0 saturated heterocycles. The first-order chi connectivity index (χ1) is 15.5. The minimum Gasteiger partial charge on any atom is -0.493 e. The van der Waals surface area contributed by atoms with Gasteiger partial charge < -0.3 is 18.9 Å². The molecule has 0 radical (unpaired) electrons. The van der Waals surface area contributed by atoms with Crippen LogP contribution in [0.4, 0.5) is 0 Å². The molecule has 0 heterocycles. The second-order valence-corrected chi connectivity index (χ2v) is 8.29. The Balaban J connectivity index is 1.80. The van der Waals surface area contributed by atoms with E-state index in [-0.39, 0.29) is 24.0 Å². The second-order valence-electron chi connectivity index (χ2n) is 7.39. The van der Waals surface area contributed by atoms with Gasteiger partial charge in [-0.15, -0.1) is 11.8 Å². The molecular weight excluding hydrogens is 426 g/mol. The zero-order chi connectivity index (χ0) is 23.3. The van der Waals surface area contributed by atoms with Crippen LogP contribution < -0.4 is 18.9 Å². The second kappa shape index (κ2) is 10.5. The summed E-state index contributed by atoms with van der Waals surface area (Å²) in [6.45, 7) is 0. The topological polar surface area (TPSA) is 77.8 Å². The van der Waals surface area contributed by atoms with Crippen molar-refractivity contribution in [3.05, 3.63) is 52.4 Å². The number of hydrogen-bond donors (Lipinski definition) is 0. The SMILES string of the molecule is COc1ccc(/C(C#N)=C(/CC(=O)C2CC2c2ccc(OC)c(OC)c2)SC)cc1OC. The van der Waals surface area contributed by atoms with E-state index in [2.05, 4.69) is 6.07 Å². The van der Waals surface area contributed by atoms with E-state index in [1.54, 1.807) is 40.6 Å². The quantitative estimate of drug-likeness (QED) is 0.464. The van der Waals surface area contributed by atoms with Crippen molar-refractivity contribution < 1.29 is 23.7 Å². The molecule has 2 aromatic carbocycles. The number of nitrogens with zero attached hydrogens (tertiary/aromatic N) is 1. The molecule has 3 rings (SSSR count). The van der Waals surface area contributed by atoms with Crippen molar-refractivity contribution in [1.29, 1.82) is 5.26 Å². The van der Waals surface area contributed by atoms with Gasteiger partial charge in [0.2, 0.25) is 0 Å². The molecule has 168 valence electrons. The summed E-state index contributed by atoms with van der Waals surface area (Å²) in [6.07, 6.45) is 2.92. The Hall–Kier alpha value is -3.11. The zero-order valence-corrected chi connectivity index (χ0v) is 19.7. The van der Waals surface area contributed by atoms with E-state index in [0.29, 0.717) is 34.1 Å². The number of Topliss-reactive ketones (excluding diaryl/α,β-unsaturated/α-hetero) is 1. The highest BCUT2D eigenvalue weighted by atomic mass is 32.2. The third kappa shape index (κ3) is 4.86. The monoisotopic (exact) mass is 453 g/mol. The first-order valence-corrected chi connectivity index (χ1v) is 11.4. The normalized spacial score (nSPS) is 17.6. The zero-order valence-electron chi connectivity index (χ0n) is 18.9. The minimum absolute atomic E-state index is 0.0550. The third-order valence-electron chi connectivity index (χ3n) is 5.68. The number of carbonyl (C=O) groups is 1. The number of hydrogen-bond acceptors (Lipinski definition) is 7. The maximum absolute atomic E-state index is 13.1. The van der Waals surface area contributed by atoms with Crippen LogP contribution in [0, 0.1) is 17.2 Å². The van der Waals surface area contributed by atoms with E-state index >= 15 is 0 Å². The number of benzene rings is 2. The van der Waals surface area contributed by atoms with Crippen molar-refractivity contribution in [2.45, 2.75) is 18.8 Å². The van der Waals surface area contributed by atoms with Gasteiger partial charge >= 0.3 is 0 Å². The Morgan fingerprint density at radius 1 is 0.969 bits per heavy atom. The number of ether oxygens (including phenoxy) is 4. The number of methoxy groups -OCH3 is 4. The van der Waals surface area contributed by atoms with Gasteiger partial charge in [0, 0.05) is 17.2 Å². The van der Waals surface area contributed by atoms with E-state index in [1.807, 2.05) is 30.5 Å². The van der Waals surface area contributed by atoms with E-state index in [0.717, 1.165) is 16.9 Å². The lowest BCUT2D eigenvalue weighted by atomic mass is 10.0. The fraction of sp³-hybridized carbons (Fsp3) is 0.360. The Bertz CT molecular complexity index is 1070. The van der Waals surface area contributed by atoms with Gasteiger partial charge in [-0.1, -0.05) is 6.07 Å². The van der Waals surface area contributed by atoms with Crippen LogP contribution in [-0.2, 0) is 4.79 Å². The van der Waals surface area contributed by atoms with Gasteiger partial charge in [-0.3, -0.25) is 4.79 Å². The largest absolute Gasteiger partial charge is 0.493 e. The summed E-state index contributed by atoms with van der Waals surface area (Å²) >= 11 is 1.43. The summed E-state index contributed by atoms with van der Waals surface area (Å²) in [7, 11) is 6.32. The van der Waals surface area contributed by atoms with Crippen molar-refractivity contribution in [2.24, 2.45) is 5.92 Å². The van der Waals surface area contributed by atoms with E-state index in [4.69, 9.17) is 18.9 Å². The average Bonchev–Trinajstić information content (AvgIpc) is 3.64. The Kier molecular flexibility index (Phi) is 7.70. The molecule has 1 aliphatic carbocycles. The molecule has 7 heteroatoms. The lowest BCUT2D eigenvalue weighted by Gasteiger charge is -2.12. The summed E-state index contributed by atoms with van der Waals surface area (Å²) in [4.78, 5) is 13.8. The highest BCUT2D eigenvalue weighted by molar-refractivity contribution is 8.02. The van der Waals surface area contributed by atoms with Gasteiger partial charge in [-0.05, 0) is 60.1 Å². The molecule has 2 atom stereocenters. The Labute approximate surface area is 193 Å². The van der Waals surface area contributed by atoms with E-state index < -0.39 is 0 Å². The van der Waals surface area contributed by atoms with Crippen molar-refractivity contribution in [3.8, 4) is 29.1 Å². The number of carbonyl (C=O) groups excluding carboxylic acids is 1. The maximum Gasteiger partial charge on any atom is 0.161 e. The predicted octanol–water partition coefficient (Wildman–Crippen LogP) is 5.08. The molecule has 1 saturated carbocycles. The van der Waals surface area contributed by atoms with Crippen LogP contribution >= 0.6 is 11.8 Å². The van der Waals surface area contributed by atoms with Gasteiger partial charge in [0.25, 0.3) is 0 Å². The van der Waals surface area contributed by atoms with Crippen molar-refractivity contribution in [1.82, 2.24) is 0 Å². The molecule has 6 nitrogen and oxygen atoms in total. The summed E-state index contributed by atoms with van der Waals surface area (Å²) in [6, 6.07) is 13.4. The molecule has 2 aromatic rings. The first-order valence-electron chi connectivity index (χ1n) is 10.1. The number of rotatable bonds is 10. The van der Waals surface area contributed by atoms with Gasteiger partial charge in [0.15, 0.2) is 23.0 Å². The van der Waals surface area contributed by atoms with Gasteiger partial charge in [-0.2, -0.15) is 5.26 Å². The summed E-state index contributed by atoms with van der Waals surface area (Å²) in [5.74, 6) is 2.71. The number of allylic oxidation sites excluding steroid dienone is 2. The highest BCUT2D eigenvalue weighted by Crippen LogP contribution is 2.51. The van der Waals surface area contributed by atoms with Crippen LogP contribution in [0.15, 0.2) is 41.3 Å². The van der Waals surface area contributed by atoms with Crippen LogP contribution in [0.5, 0.6) is 23.0 Å². The summed E-state index contributed by atoms with van der Waals surface area (Å²) < 4.78 is 21.3. The number of thioether (sulfide) groups is 1. The van der Waals surface area contributed by atoms with Crippen molar-refractivity contribution >= 4 is 23.1 Å². The lowest BCUT2D eigenvalue weighted by molar-refractivity contribution is -0.119. The molecular formula is C25H27NO5S. The third-order valence-corrected chi connectivity index (χ3v) is 6.53. The molecule has 0 aromatic heterocycles. The standard InChI is InChI=1S/C25H27NO5S/c1-28-21-8-6-15(10-23(21)30-3)17-12-18(17)20(27)13-25(32-5)19(14-26)16-7-9-22(29-2)24(11-16)31-4/h6-11,17-18H,12-13H2,1-5H3/b25-19-. The molecule has 1 fully saturated rings. The molecule has 0 bridgehead atoms. The number of ketones is 1. The highest BCUT2D eigenvalue weighted by Gasteiger charge is 2.44. The van der Waals surface area contributed by atoms with E-state index in [1.165, 1.54) is 11.8 Å². The van der Waals surface area contributed by atoms with Gasteiger partial charge in [0.1, 0.15) is 11.9 Å². The lowest BCUT2D eigenvalue weighted by Crippen LogP contribution is -2.04. The van der Waals surface area contributed by atoms with E-state index in [9.17, 15) is 10.1 Å². The molecule has 1 aliphatic rings. The molecule has 0 spiro atoms. The molecule has 32 heavy (non-hydrogen) atoms. The smallest absolute Gasteiger partial charge is 0.161 e. The maximum atomic E-state index is 13.1. The van der Waals surface area contributed by atoms with Crippen LogP contribution in [-0.4, -0.2) is 40.5 Å². The van der Waals surface area contributed by atoms with Crippen LogP contribution in [0.3, 0.4) is 0 Å². The van der Waals surface area contributed by atoms with Crippen molar-refractivity contribution in [2.75, 3.05) is 34.7 Å². The van der Waals surface area contributed by atoms with Crippen LogP contribution in [0.1, 0.15) is 29.9 Å². The minimum atomic E-state index is -0.0550. The summed E-state index contributed by atoms with van der Waals surface area (Å²) in [5.41, 5.74) is 2.25. The van der Waals surface area contributed by atoms with Gasteiger partial charge in [0.05, 0.1) is 34.0 Å². The molecule has 0 amide bonds. The molecule has 0 N–H and O–H groups in total. The fourth-order valence-electron chi connectivity index (χ4n) is 3.83. The summed E-state index contributed by atoms with van der Waals surface area (Å²) in [5, 5.41) is 9.84. The average molecular weight is 454 g/mol. The number of nitriles is 1. The Morgan fingerprint density at radius 2 is 1.56 bits per heavy atom. The molecule has 0 aliphatic heterocycles. The Morgan fingerprint density at radius 3 is 2.12 bits per heavy atom. The van der Waals surface area contributed by atoms with Crippen LogP contribution in [0.25, 0.3) is 5.57 Å².